The number of nitro groups is 1. The minimum absolute atomic E-state index is 0.235. The van der Waals surface area contributed by atoms with Gasteiger partial charge in [-0.15, -0.1) is 0 Å². The number of nitrogens with one attached hydrogen (secondary N) is 1. The molecule has 0 saturated heterocycles. The standard InChI is InChI=1S/C14H10F3N5O5/c15-14(16,17)7-1-2-8(9(5-7)22(25)26)21-10(23)6-27-13(24)11-12(18)20-4-3-19-11/h1-5H,6H2,(H2,18,20)(H,21,23). The molecule has 1 amide bonds. The van der Waals surface area contributed by atoms with E-state index in [1.165, 1.54) is 12.4 Å². The molecule has 0 radical (unpaired) electrons. The molecule has 3 N–H and O–H groups in total. The molecule has 2 aromatic rings. The molecular formula is C14H10F3N5O5. The van der Waals surface area contributed by atoms with Crippen LogP contribution in [0.4, 0.5) is 30.4 Å². The summed E-state index contributed by atoms with van der Waals surface area (Å²) in [6.07, 6.45) is -2.40. The first-order valence-electron chi connectivity index (χ1n) is 6.98. The van der Waals surface area contributed by atoms with Gasteiger partial charge in [-0.1, -0.05) is 0 Å². The summed E-state index contributed by atoms with van der Waals surface area (Å²) in [5.41, 5.74) is 2.35. The van der Waals surface area contributed by atoms with Gasteiger partial charge in [0.25, 0.3) is 11.6 Å². The van der Waals surface area contributed by atoms with Crippen LogP contribution in [0.15, 0.2) is 30.6 Å². The van der Waals surface area contributed by atoms with Crippen LogP contribution in [0.2, 0.25) is 0 Å². The van der Waals surface area contributed by atoms with E-state index in [-0.39, 0.29) is 17.6 Å². The van der Waals surface area contributed by atoms with E-state index < -0.39 is 46.5 Å². The molecule has 0 spiro atoms. The molecule has 10 nitrogen and oxygen atoms in total. The second-order valence-corrected chi connectivity index (χ2v) is 4.90. The molecule has 2 rings (SSSR count). The molecule has 27 heavy (non-hydrogen) atoms. The van der Waals surface area contributed by atoms with Crippen LogP contribution in [0.25, 0.3) is 0 Å². The second-order valence-electron chi connectivity index (χ2n) is 4.90. The first-order valence-corrected chi connectivity index (χ1v) is 6.98. The number of halogens is 3. The second kappa shape index (κ2) is 7.63. The van der Waals surface area contributed by atoms with E-state index in [1.807, 2.05) is 5.32 Å². The number of alkyl halides is 3. The smallest absolute Gasteiger partial charge is 0.416 e. The maximum Gasteiger partial charge on any atom is 0.416 e. The van der Waals surface area contributed by atoms with Gasteiger partial charge in [0.15, 0.2) is 18.1 Å². The molecule has 0 aliphatic carbocycles. The van der Waals surface area contributed by atoms with E-state index >= 15 is 0 Å². The number of carbonyl (C=O) groups excluding carboxylic acids is 2. The number of hydrogen-bond acceptors (Lipinski definition) is 8. The van der Waals surface area contributed by atoms with E-state index in [0.717, 1.165) is 6.07 Å². The molecule has 0 aliphatic rings. The number of ether oxygens (including phenoxy) is 1. The van der Waals surface area contributed by atoms with Crippen LogP contribution in [0.1, 0.15) is 16.1 Å². The number of hydrogen-bond donors (Lipinski definition) is 2. The molecule has 0 aliphatic heterocycles. The van der Waals surface area contributed by atoms with Gasteiger partial charge < -0.3 is 15.8 Å². The number of aromatic nitrogens is 2. The van der Waals surface area contributed by atoms with Gasteiger partial charge in [-0.3, -0.25) is 14.9 Å². The molecule has 0 unspecified atom stereocenters. The van der Waals surface area contributed by atoms with E-state index in [1.54, 1.807) is 0 Å². The molecule has 142 valence electrons. The molecule has 0 fully saturated rings. The maximum atomic E-state index is 12.6. The number of nitrogens with two attached hydrogens (primary N) is 1. The molecular weight excluding hydrogens is 375 g/mol. The Hall–Kier alpha value is -3.77. The summed E-state index contributed by atoms with van der Waals surface area (Å²) in [5, 5.41) is 12.9. The van der Waals surface area contributed by atoms with Gasteiger partial charge in [0.05, 0.1) is 10.5 Å². The third kappa shape index (κ3) is 4.87. The van der Waals surface area contributed by atoms with E-state index in [0.29, 0.717) is 6.07 Å². The monoisotopic (exact) mass is 385 g/mol. The number of amides is 1. The Kier molecular flexibility index (Phi) is 5.53. The van der Waals surface area contributed by atoms with Crippen molar-refractivity contribution in [2.75, 3.05) is 17.7 Å². The summed E-state index contributed by atoms with van der Waals surface area (Å²) in [4.78, 5) is 40.6. The fourth-order valence-electron chi connectivity index (χ4n) is 1.86. The Balaban J connectivity index is 2.08. The first-order chi connectivity index (χ1) is 12.6. The lowest BCUT2D eigenvalue weighted by Gasteiger charge is -2.10. The highest BCUT2D eigenvalue weighted by atomic mass is 19.4. The van der Waals surface area contributed by atoms with Crippen LogP contribution in [-0.4, -0.2) is 33.4 Å². The highest BCUT2D eigenvalue weighted by Gasteiger charge is 2.33. The predicted molar refractivity (Wildman–Crippen MR) is 83.5 cm³/mol. The average Bonchev–Trinajstić information content (AvgIpc) is 2.59. The third-order valence-electron chi connectivity index (χ3n) is 3.05. The molecule has 1 heterocycles. The number of carbonyl (C=O) groups is 2. The summed E-state index contributed by atoms with van der Waals surface area (Å²) < 4.78 is 42.6. The number of anilines is 2. The fraction of sp³-hybridized carbons (Fsp3) is 0.143. The minimum atomic E-state index is -4.79. The van der Waals surface area contributed by atoms with Gasteiger partial charge >= 0.3 is 12.1 Å². The van der Waals surface area contributed by atoms with Crippen molar-refractivity contribution in [2.45, 2.75) is 6.18 Å². The molecule has 1 aromatic carbocycles. The molecule has 0 saturated carbocycles. The Morgan fingerprint density at radius 3 is 2.52 bits per heavy atom. The Morgan fingerprint density at radius 1 is 1.26 bits per heavy atom. The van der Waals surface area contributed by atoms with Gasteiger partial charge in [-0.25, -0.2) is 14.8 Å². The van der Waals surface area contributed by atoms with Crippen molar-refractivity contribution in [1.82, 2.24) is 9.97 Å². The van der Waals surface area contributed by atoms with Crippen LogP contribution in [0.3, 0.4) is 0 Å². The van der Waals surface area contributed by atoms with E-state index in [4.69, 9.17) is 5.73 Å². The largest absolute Gasteiger partial charge is 0.451 e. The van der Waals surface area contributed by atoms with Crippen molar-refractivity contribution < 1.29 is 32.4 Å². The first kappa shape index (κ1) is 19.6. The van der Waals surface area contributed by atoms with Crippen LogP contribution >= 0.6 is 0 Å². The lowest BCUT2D eigenvalue weighted by Crippen LogP contribution is -2.22. The summed E-state index contributed by atoms with van der Waals surface area (Å²) in [6.45, 7) is -0.882. The Morgan fingerprint density at radius 2 is 1.93 bits per heavy atom. The van der Waals surface area contributed by atoms with Crippen LogP contribution in [0.5, 0.6) is 0 Å². The van der Waals surface area contributed by atoms with Gasteiger partial charge in [0.1, 0.15) is 5.69 Å². The molecule has 0 bridgehead atoms. The number of esters is 1. The highest BCUT2D eigenvalue weighted by Crippen LogP contribution is 2.34. The Bertz CT molecular complexity index is 903. The van der Waals surface area contributed by atoms with Crippen molar-refractivity contribution in [3.8, 4) is 0 Å². The summed E-state index contributed by atoms with van der Waals surface area (Å²) in [5.74, 6) is -2.33. The van der Waals surface area contributed by atoms with Gasteiger partial charge in [-0.2, -0.15) is 13.2 Å². The summed E-state index contributed by atoms with van der Waals surface area (Å²) in [6, 6.07) is 1.57. The number of nitro benzene ring substituents is 1. The predicted octanol–water partition coefficient (Wildman–Crippen LogP) is 1.78. The van der Waals surface area contributed by atoms with Crippen molar-refractivity contribution in [3.05, 3.63) is 52.0 Å². The normalized spacial score (nSPS) is 10.9. The lowest BCUT2D eigenvalue weighted by molar-refractivity contribution is -0.384. The van der Waals surface area contributed by atoms with Crippen molar-refractivity contribution >= 4 is 29.1 Å². The SMILES string of the molecule is Nc1nccnc1C(=O)OCC(=O)Nc1ccc(C(F)(F)F)cc1[N+](=O)[O-]. The minimum Gasteiger partial charge on any atom is -0.451 e. The quantitative estimate of drug-likeness (QED) is 0.449. The number of nitrogen functional groups attached to an aromatic ring is 1. The summed E-state index contributed by atoms with van der Waals surface area (Å²) in [7, 11) is 0. The highest BCUT2D eigenvalue weighted by molar-refractivity contribution is 5.97. The van der Waals surface area contributed by atoms with E-state index in [2.05, 4.69) is 14.7 Å². The Labute approximate surface area is 148 Å². The molecule has 0 atom stereocenters. The molecule has 13 heteroatoms. The number of benzene rings is 1. The molecule has 1 aromatic heterocycles. The number of rotatable bonds is 5. The zero-order valence-corrected chi connectivity index (χ0v) is 13.2. The number of nitrogens with zero attached hydrogens (tertiary/aromatic N) is 3. The van der Waals surface area contributed by atoms with Crippen molar-refractivity contribution in [3.63, 3.8) is 0 Å². The maximum absolute atomic E-state index is 12.6. The third-order valence-corrected chi connectivity index (χ3v) is 3.05. The average molecular weight is 385 g/mol. The summed E-state index contributed by atoms with van der Waals surface area (Å²) >= 11 is 0. The topological polar surface area (TPSA) is 150 Å². The zero-order chi connectivity index (χ0) is 20.2. The van der Waals surface area contributed by atoms with Crippen molar-refractivity contribution in [1.29, 1.82) is 0 Å². The zero-order valence-electron chi connectivity index (χ0n) is 13.2. The van der Waals surface area contributed by atoms with Crippen LogP contribution < -0.4 is 11.1 Å². The van der Waals surface area contributed by atoms with Crippen molar-refractivity contribution in [2.24, 2.45) is 0 Å². The van der Waals surface area contributed by atoms with Crippen LogP contribution in [-0.2, 0) is 15.7 Å². The fourth-order valence-corrected chi connectivity index (χ4v) is 1.86. The van der Waals surface area contributed by atoms with E-state index in [9.17, 15) is 32.9 Å². The van der Waals surface area contributed by atoms with Gasteiger partial charge in [0, 0.05) is 18.5 Å². The van der Waals surface area contributed by atoms with Gasteiger partial charge in [0.2, 0.25) is 0 Å². The van der Waals surface area contributed by atoms with Crippen LogP contribution in [0, 0.1) is 10.1 Å². The van der Waals surface area contributed by atoms with Gasteiger partial charge in [-0.05, 0) is 12.1 Å². The lowest BCUT2D eigenvalue weighted by atomic mass is 10.1.